The Hall–Kier alpha value is -1.90. The van der Waals surface area contributed by atoms with Gasteiger partial charge < -0.3 is 5.32 Å². The van der Waals surface area contributed by atoms with Crippen molar-refractivity contribution in [2.75, 3.05) is 5.32 Å². The number of nitrogens with one attached hydrogen (secondary N) is 1. The van der Waals surface area contributed by atoms with Crippen molar-refractivity contribution in [2.24, 2.45) is 0 Å². The van der Waals surface area contributed by atoms with Crippen LogP contribution in [0.3, 0.4) is 0 Å². The molecule has 1 N–H and O–H groups in total. The lowest BCUT2D eigenvalue weighted by Gasteiger charge is -2.12. The van der Waals surface area contributed by atoms with E-state index in [0.29, 0.717) is 5.92 Å². The number of aryl methyl sites for hydroxylation is 1. The summed E-state index contributed by atoms with van der Waals surface area (Å²) in [5.74, 6) is 1.38. The van der Waals surface area contributed by atoms with E-state index in [1.54, 1.807) is 0 Å². The summed E-state index contributed by atoms with van der Waals surface area (Å²) in [4.78, 5) is 9.33. The first-order valence-electron chi connectivity index (χ1n) is 7.97. The van der Waals surface area contributed by atoms with Gasteiger partial charge in [-0.3, -0.25) is 0 Å². The van der Waals surface area contributed by atoms with Crippen molar-refractivity contribution in [2.45, 2.75) is 52.9 Å². The average molecular weight is 283 g/mol. The van der Waals surface area contributed by atoms with Gasteiger partial charge in [-0.15, -0.1) is 0 Å². The SMILES string of the molecule is CC.CCc1c(C)nc(Nc2ccccc2)nc1C1CC1. The van der Waals surface area contributed by atoms with Gasteiger partial charge in [-0.2, -0.15) is 0 Å². The standard InChI is InChI=1S/C16H19N3.C2H6/c1-3-14-11(2)17-16(19-15(14)12-9-10-12)18-13-7-5-4-6-8-13;1-2/h4-8,12H,3,9-10H2,1-2H3,(H,17,18,19);1-2H3. The quantitative estimate of drug-likeness (QED) is 0.858. The molecule has 0 radical (unpaired) electrons. The van der Waals surface area contributed by atoms with E-state index in [2.05, 4.69) is 24.1 Å². The summed E-state index contributed by atoms with van der Waals surface area (Å²) < 4.78 is 0. The summed E-state index contributed by atoms with van der Waals surface area (Å²) in [7, 11) is 0. The Morgan fingerprint density at radius 1 is 1.10 bits per heavy atom. The summed E-state index contributed by atoms with van der Waals surface area (Å²) in [6.07, 6.45) is 3.56. The normalized spacial score (nSPS) is 13.3. The third kappa shape index (κ3) is 3.81. The van der Waals surface area contributed by atoms with Gasteiger partial charge in [-0.05, 0) is 43.9 Å². The molecular formula is C18H25N3. The lowest BCUT2D eigenvalue weighted by molar-refractivity contribution is 0.902. The van der Waals surface area contributed by atoms with Crippen LogP contribution in [0, 0.1) is 6.92 Å². The second-order valence-electron chi connectivity index (χ2n) is 5.12. The predicted molar refractivity (Wildman–Crippen MR) is 89.2 cm³/mol. The van der Waals surface area contributed by atoms with Gasteiger partial charge in [-0.1, -0.05) is 39.0 Å². The van der Waals surface area contributed by atoms with Crippen LogP contribution in [0.15, 0.2) is 30.3 Å². The Labute approximate surface area is 127 Å². The number of anilines is 2. The maximum Gasteiger partial charge on any atom is 0.227 e. The van der Waals surface area contributed by atoms with Gasteiger partial charge in [0.1, 0.15) is 0 Å². The van der Waals surface area contributed by atoms with Crippen LogP contribution in [-0.4, -0.2) is 9.97 Å². The summed E-state index contributed by atoms with van der Waals surface area (Å²) >= 11 is 0. The van der Waals surface area contributed by atoms with E-state index in [9.17, 15) is 0 Å². The number of para-hydroxylation sites is 1. The van der Waals surface area contributed by atoms with Gasteiger partial charge in [0.2, 0.25) is 5.95 Å². The Bertz CT molecular complexity index is 575. The summed E-state index contributed by atoms with van der Waals surface area (Å²) in [6, 6.07) is 10.1. The Kier molecular flexibility index (Phi) is 5.32. The number of benzene rings is 1. The van der Waals surface area contributed by atoms with Crippen molar-refractivity contribution in [3.63, 3.8) is 0 Å². The zero-order chi connectivity index (χ0) is 15.2. The number of rotatable bonds is 4. The molecule has 0 unspecified atom stereocenters. The highest BCUT2D eigenvalue weighted by Crippen LogP contribution is 2.41. The van der Waals surface area contributed by atoms with E-state index < -0.39 is 0 Å². The van der Waals surface area contributed by atoms with E-state index in [1.165, 1.54) is 24.1 Å². The Morgan fingerprint density at radius 3 is 2.33 bits per heavy atom. The zero-order valence-electron chi connectivity index (χ0n) is 13.5. The van der Waals surface area contributed by atoms with Crippen molar-refractivity contribution < 1.29 is 0 Å². The Morgan fingerprint density at radius 2 is 1.76 bits per heavy atom. The molecule has 1 saturated carbocycles. The number of aromatic nitrogens is 2. The fourth-order valence-electron chi connectivity index (χ4n) is 2.46. The number of hydrogen-bond donors (Lipinski definition) is 1. The summed E-state index contributed by atoms with van der Waals surface area (Å²) in [5.41, 5.74) is 4.74. The molecule has 1 aromatic heterocycles. The van der Waals surface area contributed by atoms with E-state index in [4.69, 9.17) is 4.98 Å². The second kappa shape index (κ2) is 7.21. The van der Waals surface area contributed by atoms with Gasteiger partial charge in [0, 0.05) is 17.3 Å². The van der Waals surface area contributed by atoms with Crippen LogP contribution in [-0.2, 0) is 6.42 Å². The molecule has 3 nitrogen and oxygen atoms in total. The summed E-state index contributed by atoms with van der Waals surface area (Å²) in [6.45, 7) is 8.27. The third-order valence-electron chi connectivity index (χ3n) is 3.59. The second-order valence-corrected chi connectivity index (χ2v) is 5.12. The van der Waals surface area contributed by atoms with Crippen LogP contribution >= 0.6 is 0 Å². The fraction of sp³-hybridized carbons (Fsp3) is 0.444. The van der Waals surface area contributed by atoms with Crippen LogP contribution in [0.5, 0.6) is 0 Å². The van der Waals surface area contributed by atoms with Crippen LogP contribution in [0.4, 0.5) is 11.6 Å². The van der Waals surface area contributed by atoms with Gasteiger partial charge in [0.15, 0.2) is 0 Å². The van der Waals surface area contributed by atoms with Crippen molar-refractivity contribution >= 4 is 11.6 Å². The maximum absolute atomic E-state index is 4.74. The van der Waals surface area contributed by atoms with Crippen LogP contribution < -0.4 is 5.32 Å². The molecule has 0 spiro atoms. The van der Waals surface area contributed by atoms with Crippen molar-refractivity contribution in [3.05, 3.63) is 47.3 Å². The molecule has 112 valence electrons. The van der Waals surface area contributed by atoms with Crippen LogP contribution in [0.25, 0.3) is 0 Å². The van der Waals surface area contributed by atoms with Gasteiger partial charge in [0.25, 0.3) is 0 Å². The molecule has 0 atom stereocenters. The molecule has 0 aliphatic heterocycles. The minimum atomic E-state index is 0.660. The highest BCUT2D eigenvalue weighted by atomic mass is 15.1. The van der Waals surface area contributed by atoms with Crippen molar-refractivity contribution in [1.29, 1.82) is 0 Å². The zero-order valence-corrected chi connectivity index (χ0v) is 13.5. The summed E-state index contributed by atoms with van der Waals surface area (Å²) in [5, 5.41) is 3.30. The molecule has 1 heterocycles. The van der Waals surface area contributed by atoms with Crippen molar-refractivity contribution in [1.82, 2.24) is 9.97 Å². The lowest BCUT2D eigenvalue weighted by Crippen LogP contribution is -2.06. The molecule has 1 aromatic carbocycles. The minimum Gasteiger partial charge on any atom is -0.324 e. The van der Waals surface area contributed by atoms with Crippen LogP contribution in [0.2, 0.25) is 0 Å². The molecule has 1 aliphatic carbocycles. The highest BCUT2D eigenvalue weighted by Gasteiger charge is 2.28. The van der Waals surface area contributed by atoms with E-state index in [1.807, 2.05) is 44.2 Å². The number of hydrogen-bond acceptors (Lipinski definition) is 3. The van der Waals surface area contributed by atoms with E-state index in [-0.39, 0.29) is 0 Å². The molecule has 21 heavy (non-hydrogen) atoms. The van der Waals surface area contributed by atoms with Gasteiger partial charge >= 0.3 is 0 Å². The predicted octanol–water partition coefficient (Wildman–Crippen LogP) is 4.99. The molecular weight excluding hydrogens is 258 g/mol. The monoisotopic (exact) mass is 283 g/mol. The largest absolute Gasteiger partial charge is 0.324 e. The van der Waals surface area contributed by atoms with Crippen molar-refractivity contribution in [3.8, 4) is 0 Å². The molecule has 0 bridgehead atoms. The Balaban J connectivity index is 0.000000774. The van der Waals surface area contributed by atoms with E-state index in [0.717, 1.165) is 23.8 Å². The average Bonchev–Trinajstić information content (AvgIpc) is 3.34. The number of nitrogens with zero attached hydrogens (tertiary/aromatic N) is 2. The van der Waals surface area contributed by atoms with E-state index >= 15 is 0 Å². The molecule has 1 aliphatic rings. The molecule has 2 aromatic rings. The van der Waals surface area contributed by atoms with Gasteiger partial charge in [-0.25, -0.2) is 9.97 Å². The third-order valence-corrected chi connectivity index (χ3v) is 3.59. The molecule has 3 rings (SSSR count). The fourth-order valence-corrected chi connectivity index (χ4v) is 2.46. The van der Waals surface area contributed by atoms with Crippen LogP contribution in [0.1, 0.15) is 56.5 Å². The molecule has 3 heteroatoms. The smallest absolute Gasteiger partial charge is 0.227 e. The first kappa shape index (κ1) is 15.5. The first-order valence-corrected chi connectivity index (χ1v) is 7.97. The minimum absolute atomic E-state index is 0.660. The topological polar surface area (TPSA) is 37.8 Å². The molecule has 0 saturated heterocycles. The first-order chi connectivity index (χ1) is 10.3. The lowest BCUT2D eigenvalue weighted by atomic mass is 10.1. The highest BCUT2D eigenvalue weighted by molar-refractivity contribution is 5.53. The molecule has 0 amide bonds. The molecule has 1 fully saturated rings. The van der Waals surface area contributed by atoms with Gasteiger partial charge in [0.05, 0.1) is 5.69 Å². The maximum atomic E-state index is 4.74.